The number of nitrogens with two attached hydrogens (primary N) is 1. The Morgan fingerprint density at radius 1 is 1.32 bits per heavy atom. The number of aliphatic hydroxyl groups is 1. The summed E-state index contributed by atoms with van der Waals surface area (Å²) >= 11 is 0. The molecule has 12 heteroatoms. The van der Waals surface area contributed by atoms with E-state index in [2.05, 4.69) is 15.0 Å². The fourth-order valence-electron chi connectivity index (χ4n) is 2.95. The highest BCUT2D eigenvalue weighted by molar-refractivity contribution is 7.53. The predicted molar refractivity (Wildman–Crippen MR) is 100 cm³/mol. The van der Waals surface area contributed by atoms with E-state index in [-0.39, 0.29) is 37.4 Å². The van der Waals surface area contributed by atoms with E-state index in [9.17, 15) is 9.67 Å². The van der Waals surface area contributed by atoms with Crippen LogP contribution in [-0.4, -0.2) is 55.9 Å². The molecule has 3 heterocycles. The average molecular weight is 415 g/mol. The van der Waals surface area contributed by atoms with Gasteiger partial charge in [-0.05, 0) is 27.7 Å². The van der Waals surface area contributed by atoms with Crippen LogP contribution in [0.15, 0.2) is 12.7 Å². The molecule has 1 aliphatic rings. The molecule has 0 amide bonds. The van der Waals surface area contributed by atoms with Crippen LogP contribution in [0.5, 0.6) is 0 Å². The first-order chi connectivity index (χ1) is 13.1. The van der Waals surface area contributed by atoms with Gasteiger partial charge in [0.25, 0.3) is 5.91 Å². The lowest BCUT2D eigenvalue weighted by molar-refractivity contribution is -0.232. The number of anilines is 1. The Morgan fingerprint density at radius 2 is 2.00 bits per heavy atom. The van der Waals surface area contributed by atoms with Crippen LogP contribution in [0.25, 0.3) is 11.2 Å². The summed E-state index contributed by atoms with van der Waals surface area (Å²) in [6.07, 6.45) is 1.40. The molecule has 3 N–H and O–H groups in total. The second-order valence-electron chi connectivity index (χ2n) is 7.14. The molecule has 1 aliphatic heterocycles. The van der Waals surface area contributed by atoms with E-state index in [4.69, 9.17) is 24.3 Å². The highest BCUT2D eigenvalue weighted by atomic mass is 31.2. The summed E-state index contributed by atoms with van der Waals surface area (Å²) in [5, 5.41) is 10.9. The van der Waals surface area contributed by atoms with Gasteiger partial charge in [0.05, 0.1) is 31.3 Å². The normalized spacial score (nSPS) is 23.3. The smallest absolute Gasteiger partial charge is 0.356 e. The minimum atomic E-state index is -3.45. The maximum Gasteiger partial charge on any atom is 0.356 e. The molecule has 2 aromatic heterocycles. The fraction of sp³-hybridized carbons (Fsp3) is 0.688. The maximum absolute atomic E-state index is 12.9. The van der Waals surface area contributed by atoms with E-state index in [1.54, 1.807) is 27.7 Å². The summed E-state index contributed by atoms with van der Waals surface area (Å²) in [5.74, 6) is -1.52. The lowest BCUT2D eigenvalue weighted by Crippen LogP contribution is -2.32. The minimum absolute atomic E-state index is 0.0751. The van der Waals surface area contributed by atoms with Crippen LogP contribution >= 0.6 is 7.60 Å². The van der Waals surface area contributed by atoms with Gasteiger partial charge < -0.3 is 29.4 Å². The van der Waals surface area contributed by atoms with Crippen LogP contribution in [0, 0.1) is 0 Å². The Balaban J connectivity index is 1.70. The van der Waals surface area contributed by atoms with Gasteiger partial charge in [-0.1, -0.05) is 0 Å². The third kappa shape index (κ3) is 4.51. The third-order valence-electron chi connectivity index (χ3n) is 3.94. The van der Waals surface area contributed by atoms with E-state index in [1.165, 1.54) is 17.2 Å². The van der Waals surface area contributed by atoms with Crippen LogP contribution < -0.4 is 5.73 Å². The van der Waals surface area contributed by atoms with Crippen molar-refractivity contribution in [2.24, 2.45) is 0 Å². The Labute approximate surface area is 162 Å². The van der Waals surface area contributed by atoms with Gasteiger partial charge in [0, 0.05) is 0 Å². The molecule has 0 radical (unpaired) electrons. The van der Waals surface area contributed by atoms with Crippen LogP contribution in [0.2, 0.25) is 0 Å². The molecule has 156 valence electrons. The summed E-state index contributed by atoms with van der Waals surface area (Å²) in [4.78, 5) is 12.1. The van der Waals surface area contributed by atoms with Gasteiger partial charge in [-0.15, -0.1) is 0 Å². The van der Waals surface area contributed by atoms with Gasteiger partial charge in [-0.3, -0.25) is 9.13 Å². The summed E-state index contributed by atoms with van der Waals surface area (Å²) in [7, 11) is -3.45. The Hall–Kier alpha value is -1.62. The SMILES string of the molecule is CC(C)OP(=O)(CO[C@@H]1CO[C@@](O)(n2cnc3c(N)ncnc32)C1)OC(C)C. The van der Waals surface area contributed by atoms with Crippen molar-refractivity contribution >= 4 is 24.6 Å². The first-order valence-electron chi connectivity index (χ1n) is 9.00. The molecular weight excluding hydrogens is 389 g/mol. The third-order valence-corrected chi connectivity index (χ3v) is 5.89. The molecule has 0 aliphatic carbocycles. The number of rotatable bonds is 8. The van der Waals surface area contributed by atoms with Crippen LogP contribution in [0.4, 0.5) is 5.82 Å². The number of hydrogen-bond acceptors (Lipinski definition) is 10. The minimum Gasteiger partial charge on any atom is -0.382 e. The topological polar surface area (TPSA) is 144 Å². The van der Waals surface area contributed by atoms with Crippen molar-refractivity contribution in [3.8, 4) is 0 Å². The molecule has 28 heavy (non-hydrogen) atoms. The van der Waals surface area contributed by atoms with E-state index in [0.717, 1.165) is 0 Å². The monoisotopic (exact) mass is 415 g/mol. The van der Waals surface area contributed by atoms with Crippen molar-refractivity contribution in [2.75, 3.05) is 18.7 Å². The van der Waals surface area contributed by atoms with Crippen LogP contribution in [0.1, 0.15) is 34.1 Å². The summed E-state index contributed by atoms with van der Waals surface area (Å²) in [6.45, 7) is 7.16. The molecule has 1 saturated heterocycles. The van der Waals surface area contributed by atoms with Gasteiger partial charge in [-0.25, -0.2) is 15.0 Å². The number of aromatic nitrogens is 4. The first-order valence-corrected chi connectivity index (χ1v) is 10.7. The van der Waals surface area contributed by atoms with Gasteiger partial charge in [0.15, 0.2) is 11.5 Å². The van der Waals surface area contributed by atoms with Crippen molar-refractivity contribution in [1.29, 1.82) is 0 Å². The van der Waals surface area contributed by atoms with Gasteiger partial charge in [0.1, 0.15) is 24.5 Å². The lowest BCUT2D eigenvalue weighted by Gasteiger charge is -2.25. The Kier molecular flexibility index (Phi) is 6.04. The summed E-state index contributed by atoms with van der Waals surface area (Å²) in [6, 6.07) is 0. The second-order valence-corrected chi connectivity index (χ2v) is 9.04. The van der Waals surface area contributed by atoms with Crippen molar-refractivity contribution < 1.29 is 28.2 Å². The van der Waals surface area contributed by atoms with Crippen molar-refractivity contribution in [1.82, 2.24) is 19.5 Å². The second kappa shape index (κ2) is 8.02. The molecule has 1 fully saturated rings. The molecular formula is C16H26N5O6P. The van der Waals surface area contributed by atoms with Crippen molar-refractivity contribution in [3.63, 3.8) is 0 Å². The van der Waals surface area contributed by atoms with Gasteiger partial charge >= 0.3 is 7.60 Å². The number of fused-ring (bicyclic) bond motifs is 1. The molecule has 0 unspecified atom stereocenters. The molecule has 0 saturated carbocycles. The largest absolute Gasteiger partial charge is 0.382 e. The first kappa shape index (κ1) is 21.1. The van der Waals surface area contributed by atoms with Gasteiger partial charge in [-0.2, -0.15) is 0 Å². The van der Waals surface area contributed by atoms with E-state index in [0.29, 0.717) is 11.2 Å². The van der Waals surface area contributed by atoms with E-state index in [1.807, 2.05) is 0 Å². The zero-order valence-corrected chi connectivity index (χ0v) is 17.2. The maximum atomic E-state index is 12.9. The zero-order chi connectivity index (χ0) is 20.5. The zero-order valence-electron chi connectivity index (χ0n) is 16.3. The Morgan fingerprint density at radius 3 is 2.64 bits per heavy atom. The number of imidazole rings is 1. The highest BCUT2D eigenvalue weighted by Gasteiger charge is 2.43. The highest BCUT2D eigenvalue weighted by Crippen LogP contribution is 2.51. The summed E-state index contributed by atoms with van der Waals surface area (Å²) in [5.41, 5.74) is 6.49. The number of ether oxygens (including phenoxy) is 2. The standard InChI is InChI=1S/C16H26N5O6P/c1-10(2)26-28(23,27-11(3)4)9-24-12-5-16(22,25-6-12)21-8-20-13-14(17)18-7-19-15(13)21/h7-8,10-12,22H,5-6,9H2,1-4H3,(H2,17,18,19)/t12-,16+/m0/s1. The van der Waals surface area contributed by atoms with Crippen LogP contribution in [0.3, 0.4) is 0 Å². The van der Waals surface area contributed by atoms with Crippen molar-refractivity contribution in [3.05, 3.63) is 12.7 Å². The Bertz CT molecular complexity index is 860. The molecule has 11 nitrogen and oxygen atoms in total. The van der Waals surface area contributed by atoms with E-state index < -0.39 is 19.6 Å². The average Bonchev–Trinajstić information content (AvgIpc) is 3.17. The number of nitrogen functional groups attached to an aromatic ring is 1. The molecule has 2 aromatic rings. The molecule has 0 aromatic carbocycles. The van der Waals surface area contributed by atoms with E-state index >= 15 is 0 Å². The number of hydrogen-bond donors (Lipinski definition) is 2. The molecule has 0 spiro atoms. The number of nitrogens with zero attached hydrogens (tertiary/aromatic N) is 4. The van der Waals surface area contributed by atoms with Gasteiger partial charge in [0.2, 0.25) is 0 Å². The molecule has 3 rings (SSSR count). The van der Waals surface area contributed by atoms with Crippen LogP contribution in [-0.2, 0) is 29.0 Å². The quantitative estimate of drug-likeness (QED) is 0.613. The molecule has 0 bridgehead atoms. The predicted octanol–water partition coefficient (Wildman–Crippen LogP) is 1.82. The summed E-state index contributed by atoms with van der Waals surface area (Å²) < 4.78 is 36.4. The molecule has 2 atom stereocenters. The van der Waals surface area contributed by atoms with Crippen molar-refractivity contribution in [2.45, 2.75) is 58.3 Å². The fourth-order valence-corrected chi connectivity index (χ4v) is 4.80. The lowest BCUT2D eigenvalue weighted by atomic mass is 10.2.